The number of halogens is 2. The fourth-order valence-corrected chi connectivity index (χ4v) is 4.31. The average molecular weight is 461 g/mol. The number of allylic oxidation sites excluding steroid dienone is 4. The smallest absolute Gasteiger partial charge is 1.00 e. The Hall–Kier alpha value is -0.837. The Balaban J connectivity index is 0.00000104. The van der Waals surface area contributed by atoms with Gasteiger partial charge in [0.2, 0.25) is 0 Å². The molecule has 123 valence electrons. The van der Waals surface area contributed by atoms with Crippen LogP contribution >= 0.6 is 8.19 Å². The van der Waals surface area contributed by atoms with Gasteiger partial charge in [-0.25, -0.2) is 0 Å². The second-order valence-corrected chi connectivity index (χ2v) is 6.69. The van der Waals surface area contributed by atoms with Gasteiger partial charge >= 0.3 is 26.2 Å². The molecule has 4 rings (SSSR count). The van der Waals surface area contributed by atoms with E-state index in [-0.39, 0.29) is 51.0 Å². The fourth-order valence-electron chi connectivity index (χ4n) is 2.86. The zero-order valence-corrected chi connectivity index (χ0v) is 18.4. The van der Waals surface area contributed by atoms with Crippen LogP contribution in [0.25, 0.3) is 27.3 Å². The molecule has 1 heterocycles. The maximum Gasteiger partial charge on any atom is 3.00 e. The van der Waals surface area contributed by atoms with Gasteiger partial charge in [0.1, 0.15) is 0 Å². The van der Waals surface area contributed by atoms with Crippen molar-refractivity contribution in [3.63, 3.8) is 0 Å². The van der Waals surface area contributed by atoms with Crippen molar-refractivity contribution in [1.29, 1.82) is 0 Å². The zero-order valence-electron chi connectivity index (χ0n) is 13.5. The van der Waals surface area contributed by atoms with E-state index in [1.54, 1.807) is 0 Å². The largest absolute Gasteiger partial charge is 3.00 e. The first-order chi connectivity index (χ1) is 10.9. The van der Waals surface area contributed by atoms with E-state index in [4.69, 9.17) is 0 Å². The number of hydrogen-bond acceptors (Lipinski definition) is 0. The van der Waals surface area contributed by atoms with Crippen LogP contribution in [0.15, 0.2) is 78.9 Å². The molecule has 25 heavy (non-hydrogen) atoms. The van der Waals surface area contributed by atoms with Crippen LogP contribution < -0.4 is 24.8 Å². The predicted octanol–water partition coefficient (Wildman–Crippen LogP) is 0.204. The molecule has 0 saturated carbocycles. The Morgan fingerprint density at radius 1 is 0.800 bits per heavy atom. The summed E-state index contributed by atoms with van der Waals surface area (Å²) in [4.78, 5) is 0. The third-order valence-electron chi connectivity index (χ3n) is 3.95. The molecular formula is C21H16Cl2PZr. The van der Waals surface area contributed by atoms with E-state index in [0.29, 0.717) is 8.19 Å². The average Bonchev–Trinajstić information content (AvgIpc) is 3.26. The summed E-state index contributed by atoms with van der Waals surface area (Å²) >= 11 is 0. The molecule has 1 unspecified atom stereocenters. The molecule has 0 amide bonds. The van der Waals surface area contributed by atoms with Gasteiger partial charge in [-0.3, -0.25) is 0 Å². The first kappa shape index (κ1) is 22.2. The standard InChI is InChI=1S/C21H16P.2ClH.Zr/c1-3-11-17(12-4-1)20-15-19(16-9-7-8-10-16)21(22-20)18-13-5-2-6-14-18;;;/h1-7,9,11-15,22H,8H2;2*1H;/q-1;;;+3/p-2. The predicted molar refractivity (Wildman–Crippen MR) is 97.2 cm³/mol. The van der Waals surface area contributed by atoms with Gasteiger partial charge in [-0.1, -0.05) is 73.2 Å². The van der Waals surface area contributed by atoms with Crippen LogP contribution in [0.5, 0.6) is 0 Å². The minimum absolute atomic E-state index is 0. The van der Waals surface area contributed by atoms with E-state index in [9.17, 15) is 0 Å². The Labute approximate surface area is 182 Å². The molecule has 1 atom stereocenters. The van der Waals surface area contributed by atoms with Crippen molar-refractivity contribution >= 4 is 13.8 Å². The van der Waals surface area contributed by atoms with Crippen molar-refractivity contribution in [2.24, 2.45) is 0 Å². The summed E-state index contributed by atoms with van der Waals surface area (Å²) < 4.78 is 0. The zero-order chi connectivity index (χ0) is 14.8. The van der Waals surface area contributed by atoms with Gasteiger partial charge in [0.15, 0.2) is 0 Å². The summed E-state index contributed by atoms with van der Waals surface area (Å²) in [5, 5.41) is 2.86. The maximum absolute atomic E-state index is 3.48. The summed E-state index contributed by atoms with van der Waals surface area (Å²) in [5.74, 6) is 0. The second-order valence-electron chi connectivity index (χ2n) is 5.40. The summed E-state index contributed by atoms with van der Waals surface area (Å²) in [7, 11) is 0.699. The Morgan fingerprint density at radius 3 is 1.96 bits per heavy atom. The Kier molecular flexibility index (Phi) is 9.19. The second kappa shape index (κ2) is 10.3. The number of hydrogen-bond donors (Lipinski definition) is 0. The maximum atomic E-state index is 3.48. The molecule has 0 spiro atoms. The summed E-state index contributed by atoms with van der Waals surface area (Å²) in [6, 6.07) is 23.8. The molecule has 0 fully saturated rings. The van der Waals surface area contributed by atoms with E-state index in [1.165, 1.54) is 32.9 Å². The molecule has 3 aromatic rings. The first-order valence-electron chi connectivity index (χ1n) is 7.53. The van der Waals surface area contributed by atoms with Crippen molar-refractivity contribution < 1.29 is 51.0 Å². The topological polar surface area (TPSA) is 0 Å². The van der Waals surface area contributed by atoms with Gasteiger partial charge in [-0.15, -0.1) is 19.8 Å². The van der Waals surface area contributed by atoms with Crippen LogP contribution in [-0.4, -0.2) is 0 Å². The third-order valence-corrected chi connectivity index (χ3v) is 5.46. The van der Waals surface area contributed by atoms with Gasteiger partial charge in [0.05, 0.1) is 0 Å². The molecule has 1 radical (unpaired) electrons. The summed E-state index contributed by atoms with van der Waals surface area (Å²) in [6.45, 7) is 0. The molecule has 2 aromatic carbocycles. The van der Waals surface area contributed by atoms with Gasteiger partial charge in [-0.2, -0.15) is 17.7 Å². The van der Waals surface area contributed by atoms with Crippen LogP contribution in [0.1, 0.15) is 12.0 Å². The van der Waals surface area contributed by atoms with Crippen molar-refractivity contribution in [2.45, 2.75) is 6.42 Å². The number of benzene rings is 2. The molecule has 1 aliphatic carbocycles. The molecule has 0 N–H and O–H groups in total. The molecule has 0 nitrogen and oxygen atoms in total. The van der Waals surface area contributed by atoms with Gasteiger partial charge in [0.25, 0.3) is 0 Å². The van der Waals surface area contributed by atoms with Crippen LogP contribution in [0.3, 0.4) is 0 Å². The van der Waals surface area contributed by atoms with Crippen molar-refractivity contribution in [2.75, 3.05) is 0 Å². The van der Waals surface area contributed by atoms with E-state index in [1.807, 2.05) is 0 Å². The minimum Gasteiger partial charge on any atom is -1.00 e. The summed E-state index contributed by atoms with van der Waals surface area (Å²) in [6.07, 6.45) is 8.79. The number of rotatable bonds is 3. The molecule has 0 bridgehead atoms. The molecule has 1 aliphatic rings. The van der Waals surface area contributed by atoms with E-state index >= 15 is 0 Å². The molecule has 0 aliphatic heterocycles. The Morgan fingerprint density at radius 2 is 1.40 bits per heavy atom. The molecular weight excluding hydrogens is 445 g/mol. The third kappa shape index (κ3) is 4.87. The SMILES string of the molecule is [C-]1=C(c2cc(-c3ccccc3)[pH]c2-c2ccccc2)C=CC1.[Cl-].[Cl-].[Zr+3]. The molecule has 0 saturated heterocycles. The minimum atomic E-state index is 0. The van der Waals surface area contributed by atoms with Crippen LogP contribution in [0, 0.1) is 6.08 Å². The molecule has 1 aromatic heterocycles. The van der Waals surface area contributed by atoms with Crippen LogP contribution in [0.4, 0.5) is 0 Å². The quantitative estimate of drug-likeness (QED) is 0.490. The van der Waals surface area contributed by atoms with E-state index in [0.717, 1.165) is 6.42 Å². The van der Waals surface area contributed by atoms with Crippen LogP contribution in [0.2, 0.25) is 0 Å². The fraction of sp³-hybridized carbons (Fsp3) is 0.0476. The van der Waals surface area contributed by atoms with E-state index in [2.05, 4.69) is 85.0 Å². The van der Waals surface area contributed by atoms with Gasteiger partial charge < -0.3 is 24.8 Å². The normalized spacial score (nSPS) is 12.1. The van der Waals surface area contributed by atoms with Crippen molar-refractivity contribution in [3.05, 3.63) is 90.5 Å². The van der Waals surface area contributed by atoms with Gasteiger partial charge in [0, 0.05) is 0 Å². The van der Waals surface area contributed by atoms with E-state index < -0.39 is 0 Å². The monoisotopic (exact) mass is 459 g/mol. The summed E-state index contributed by atoms with van der Waals surface area (Å²) in [5.41, 5.74) is 5.24. The van der Waals surface area contributed by atoms with Gasteiger partial charge in [-0.05, 0) is 21.7 Å². The van der Waals surface area contributed by atoms with Crippen LogP contribution in [-0.2, 0) is 26.2 Å². The first-order valence-corrected chi connectivity index (χ1v) is 8.53. The van der Waals surface area contributed by atoms with Crippen molar-refractivity contribution in [3.8, 4) is 21.7 Å². The molecule has 4 heteroatoms. The Bertz CT molecular complexity index is 852. The van der Waals surface area contributed by atoms with Crippen molar-refractivity contribution in [1.82, 2.24) is 0 Å².